The zero-order chi connectivity index (χ0) is 13.7. The van der Waals surface area contributed by atoms with Gasteiger partial charge in [0.2, 0.25) is 5.75 Å². The number of benzene rings is 1. The second-order valence-electron chi connectivity index (χ2n) is 3.50. The highest BCUT2D eigenvalue weighted by Crippen LogP contribution is 2.38. The summed E-state index contributed by atoms with van der Waals surface area (Å²) >= 11 is 0. The lowest BCUT2D eigenvalue weighted by Crippen LogP contribution is -2.07. The van der Waals surface area contributed by atoms with E-state index in [9.17, 15) is 4.79 Å². The van der Waals surface area contributed by atoms with Crippen LogP contribution in [-0.4, -0.2) is 38.8 Å². The third-order valence-electron chi connectivity index (χ3n) is 2.44. The number of aliphatic hydroxyl groups is 1. The Bertz CT molecular complexity index is 439. The molecule has 0 aliphatic rings. The quantitative estimate of drug-likeness (QED) is 0.613. The lowest BCUT2D eigenvalue weighted by atomic mass is 10.0. The van der Waals surface area contributed by atoms with Crippen molar-refractivity contribution in [3.05, 3.63) is 29.8 Å². The highest BCUT2D eigenvalue weighted by Gasteiger charge is 2.18. The summed E-state index contributed by atoms with van der Waals surface area (Å²) in [5, 5.41) is 8.91. The first-order valence-electron chi connectivity index (χ1n) is 5.22. The largest absolute Gasteiger partial charge is 0.493 e. The molecule has 98 valence electrons. The number of ketones is 1. The molecule has 0 spiro atoms. The molecule has 1 aromatic carbocycles. The summed E-state index contributed by atoms with van der Waals surface area (Å²) in [6.07, 6.45) is 0. The van der Waals surface area contributed by atoms with Gasteiger partial charge in [-0.2, -0.15) is 0 Å². The Hall–Kier alpha value is -2.01. The average Bonchev–Trinajstić information content (AvgIpc) is 2.43. The van der Waals surface area contributed by atoms with Gasteiger partial charge in [-0.1, -0.05) is 6.58 Å². The van der Waals surface area contributed by atoms with Crippen LogP contribution >= 0.6 is 0 Å². The van der Waals surface area contributed by atoms with Crippen LogP contribution in [-0.2, 0) is 0 Å². The van der Waals surface area contributed by atoms with Crippen molar-refractivity contribution in [3.63, 3.8) is 0 Å². The number of carbonyl (C=O) groups excluding carboxylic acids is 1. The molecule has 0 fully saturated rings. The molecule has 1 rings (SSSR count). The zero-order valence-electron chi connectivity index (χ0n) is 10.6. The van der Waals surface area contributed by atoms with Crippen LogP contribution in [0.4, 0.5) is 0 Å². The van der Waals surface area contributed by atoms with E-state index in [-0.39, 0.29) is 11.4 Å². The first-order valence-corrected chi connectivity index (χ1v) is 5.22. The van der Waals surface area contributed by atoms with Crippen molar-refractivity contribution in [2.45, 2.75) is 0 Å². The third-order valence-corrected chi connectivity index (χ3v) is 2.44. The van der Waals surface area contributed by atoms with Crippen LogP contribution in [0.15, 0.2) is 24.3 Å². The van der Waals surface area contributed by atoms with E-state index in [2.05, 4.69) is 6.58 Å². The molecule has 0 heterocycles. The maximum absolute atomic E-state index is 11.9. The monoisotopic (exact) mass is 252 g/mol. The van der Waals surface area contributed by atoms with Gasteiger partial charge >= 0.3 is 0 Å². The Kier molecular flexibility index (Phi) is 4.74. The van der Waals surface area contributed by atoms with Gasteiger partial charge in [-0.15, -0.1) is 0 Å². The van der Waals surface area contributed by atoms with E-state index in [1.807, 2.05) is 0 Å². The van der Waals surface area contributed by atoms with Crippen molar-refractivity contribution in [1.29, 1.82) is 0 Å². The van der Waals surface area contributed by atoms with Crippen LogP contribution < -0.4 is 14.2 Å². The third kappa shape index (κ3) is 2.62. The summed E-state index contributed by atoms with van der Waals surface area (Å²) in [5.74, 6) is 0.805. The molecule has 1 N–H and O–H groups in total. The molecule has 0 atom stereocenters. The molecule has 0 amide bonds. The standard InChI is InChI=1S/C13H16O5/c1-8(7-14)12(15)9-5-10(16-2)13(18-4)11(6-9)17-3/h5-6,14H,1,7H2,2-4H3. The lowest BCUT2D eigenvalue weighted by Gasteiger charge is -2.13. The number of Topliss-reactive ketones (excluding diaryl/α,β-unsaturated/α-hetero) is 1. The van der Waals surface area contributed by atoms with E-state index < -0.39 is 6.61 Å². The number of aliphatic hydroxyl groups excluding tert-OH is 1. The number of hydrogen-bond donors (Lipinski definition) is 1. The summed E-state index contributed by atoms with van der Waals surface area (Å²) < 4.78 is 15.4. The van der Waals surface area contributed by atoms with Gasteiger partial charge in [0.1, 0.15) is 0 Å². The van der Waals surface area contributed by atoms with Crippen LogP contribution in [0.5, 0.6) is 17.2 Å². The molecule has 5 heteroatoms. The smallest absolute Gasteiger partial charge is 0.203 e. The summed E-state index contributed by atoms with van der Waals surface area (Å²) in [5.41, 5.74) is 0.424. The normalized spacial score (nSPS) is 9.78. The topological polar surface area (TPSA) is 65.0 Å². The molecule has 0 aromatic heterocycles. The minimum atomic E-state index is -0.393. The Morgan fingerprint density at radius 3 is 2.00 bits per heavy atom. The fourth-order valence-electron chi connectivity index (χ4n) is 1.49. The average molecular weight is 252 g/mol. The Morgan fingerprint density at radius 2 is 1.67 bits per heavy atom. The number of ether oxygens (including phenoxy) is 3. The maximum atomic E-state index is 11.9. The Balaban J connectivity index is 3.31. The summed E-state index contributed by atoms with van der Waals surface area (Å²) in [6, 6.07) is 3.04. The van der Waals surface area contributed by atoms with E-state index in [0.717, 1.165) is 0 Å². The van der Waals surface area contributed by atoms with Gasteiger partial charge < -0.3 is 19.3 Å². The fourth-order valence-corrected chi connectivity index (χ4v) is 1.49. The molecule has 0 bridgehead atoms. The number of methoxy groups -OCH3 is 3. The molecule has 5 nitrogen and oxygen atoms in total. The molecule has 0 aliphatic heterocycles. The van der Waals surface area contributed by atoms with Crippen LogP contribution in [0.2, 0.25) is 0 Å². The van der Waals surface area contributed by atoms with Gasteiger partial charge in [0.05, 0.1) is 27.9 Å². The van der Waals surface area contributed by atoms with E-state index in [1.165, 1.54) is 33.5 Å². The molecule has 0 radical (unpaired) electrons. The number of hydrogen-bond acceptors (Lipinski definition) is 5. The molecule has 0 aliphatic carbocycles. The van der Waals surface area contributed by atoms with Crippen LogP contribution in [0.1, 0.15) is 10.4 Å². The first-order chi connectivity index (χ1) is 8.58. The highest BCUT2D eigenvalue weighted by atomic mass is 16.5. The van der Waals surface area contributed by atoms with Crippen LogP contribution in [0.25, 0.3) is 0 Å². The van der Waals surface area contributed by atoms with Crippen molar-refractivity contribution >= 4 is 5.78 Å². The number of carbonyl (C=O) groups is 1. The van der Waals surface area contributed by atoms with E-state index in [4.69, 9.17) is 19.3 Å². The van der Waals surface area contributed by atoms with E-state index in [0.29, 0.717) is 22.8 Å². The second kappa shape index (κ2) is 6.07. The molecule has 1 aromatic rings. The van der Waals surface area contributed by atoms with Gasteiger partial charge in [0.25, 0.3) is 0 Å². The summed E-state index contributed by atoms with van der Waals surface area (Å²) in [7, 11) is 4.41. The predicted octanol–water partition coefficient (Wildman–Crippen LogP) is 1.44. The number of rotatable bonds is 6. The van der Waals surface area contributed by atoms with Crippen molar-refractivity contribution < 1.29 is 24.1 Å². The molecule has 0 saturated carbocycles. The van der Waals surface area contributed by atoms with Gasteiger partial charge in [0.15, 0.2) is 17.3 Å². The SMILES string of the molecule is C=C(CO)C(=O)c1cc(OC)c(OC)c(OC)c1. The van der Waals surface area contributed by atoms with Gasteiger partial charge in [-0.3, -0.25) is 4.79 Å². The molecular weight excluding hydrogens is 236 g/mol. The molecule has 18 heavy (non-hydrogen) atoms. The van der Waals surface area contributed by atoms with Gasteiger partial charge in [-0.05, 0) is 12.1 Å². The van der Waals surface area contributed by atoms with Gasteiger partial charge in [0, 0.05) is 11.1 Å². The maximum Gasteiger partial charge on any atom is 0.203 e. The van der Waals surface area contributed by atoms with Gasteiger partial charge in [-0.25, -0.2) is 0 Å². The molecule has 0 saturated heterocycles. The van der Waals surface area contributed by atoms with Crippen molar-refractivity contribution in [2.75, 3.05) is 27.9 Å². The summed E-state index contributed by atoms with van der Waals surface area (Å²) in [6.45, 7) is 3.10. The van der Waals surface area contributed by atoms with Crippen molar-refractivity contribution in [2.24, 2.45) is 0 Å². The first kappa shape index (κ1) is 14.1. The van der Waals surface area contributed by atoms with E-state index in [1.54, 1.807) is 0 Å². The second-order valence-corrected chi connectivity index (χ2v) is 3.50. The van der Waals surface area contributed by atoms with E-state index >= 15 is 0 Å². The zero-order valence-corrected chi connectivity index (χ0v) is 10.6. The van der Waals surface area contributed by atoms with Crippen molar-refractivity contribution in [3.8, 4) is 17.2 Å². The molecular formula is C13H16O5. The van der Waals surface area contributed by atoms with Crippen molar-refractivity contribution in [1.82, 2.24) is 0 Å². The van der Waals surface area contributed by atoms with Crippen LogP contribution in [0.3, 0.4) is 0 Å². The highest BCUT2D eigenvalue weighted by molar-refractivity contribution is 6.09. The summed E-state index contributed by atoms with van der Waals surface area (Å²) in [4.78, 5) is 11.9. The minimum absolute atomic E-state index is 0.101. The molecule has 0 unspecified atom stereocenters. The lowest BCUT2D eigenvalue weighted by molar-refractivity contribution is 0.102. The Labute approximate surface area is 106 Å². The fraction of sp³-hybridized carbons (Fsp3) is 0.308. The Morgan fingerprint density at radius 1 is 1.17 bits per heavy atom. The predicted molar refractivity (Wildman–Crippen MR) is 66.7 cm³/mol. The van der Waals surface area contributed by atoms with Crippen LogP contribution in [0, 0.1) is 0 Å². The minimum Gasteiger partial charge on any atom is -0.493 e.